The van der Waals surface area contributed by atoms with Crippen molar-refractivity contribution in [3.63, 3.8) is 0 Å². The van der Waals surface area contributed by atoms with Gasteiger partial charge in [0, 0.05) is 22.4 Å². The molecule has 0 spiro atoms. The Balaban J connectivity index is 2.04. The van der Waals surface area contributed by atoms with E-state index in [1.807, 2.05) is 0 Å². The van der Waals surface area contributed by atoms with Crippen LogP contribution in [-0.4, -0.2) is 28.5 Å². The Morgan fingerprint density at radius 2 is 2.32 bits per heavy atom. The number of aromatic nitrogens is 2. The van der Waals surface area contributed by atoms with Gasteiger partial charge in [0.2, 0.25) is 0 Å². The largest absolute Gasteiger partial charge is 0.462 e. The number of aromatic amines is 1. The van der Waals surface area contributed by atoms with Gasteiger partial charge in [-0.05, 0) is 41.1 Å². The van der Waals surface area contributed by atoms with Gasteiger partial charge in [-0.15, -0.1) is 0 Å². The first-order valence-corrected chi connectivity index (χ1v) is 7.43. The number of hydrogen-bond donors (Lipinski definition) is 2. The van der Waals surface area contributed by atoms with Gasteiger partial charge >= 0.3 is 5.97 Å². The number of amides is 1. The minimum absolute atomic E-state index is 0.259. The highest BCUT2D eigenvalue weighted by Crippen LogP contribution is 2.33. The molecule has 2 N–H and O–H groups in total. The lowest BCUT2D eigenvalue weighted by Gasteiger charge is -2.02. The van der Waals surface area contributed by atoms with Crippen LogP contribution in [0.1, 0.15) is 28.5 Å². The van der Waals surface area contributed by atoms with Crippen LogP contribution in [0.15, 0.2) is 29.0 Å². The second-order valence-electron chi connectivity index (χ2n) is 4.59. The molecule has 1 aliphatic heterocycles. The summed E-state index contributed by atoms with van der Waals surface area (Å²) in [5.74, 6) is -0.185. The van der Waals surface area contributed by atoms with E-state index >= 15 is 0 Å². The number of hydrogen-bond acceptors (Lipinski definition) is 4. The lowest BCUT2D eigenvalue weighted by molar-refractivity contribution is -0.110. The average Bonchev–Trinajstić information content (AvgIpc) is 3.06. The summed E-state index contributed by atoms with van der Waals surface area (Å²) >= 11 is 3.34. The van der Waals surface area contributed by atoms with Crippen molar-refractivity contribution in [1.82, 2.24) is 9.97 Å². The maximum atomic E-state index is 12.1. The molecule has 0 unspecified atom stereocenters. The summed E-state index contributed by atoms with van der Waals surface area (Å²) in [4.78, 5) is 31.1. The first-order valence-electron chi connectivity index (χ1n) is 6.63. The highest BCUT2D eigenvalue weighted by Gasteiger charge is 2.26. The fraction of sp³-hybridized carbons (Fsp3) is 0.133. The number of nitrogens with one attached hydrogen (secondary N) is 2. The van der Waals surface area contributed by atoms with Gasteiger partial charge in [0.05, 0.1) is 23.4 Å². The van der Waals surface area contributed by atoms with E-state index in [9.17, 15) is 9.59 Å². The summed E-state index contributed by atoms with van der Waals surface area (Å²) in [5.41, 5.74) is 2.04. The van der Waals surface area contributed by atoms with E-state index in [2.05, 4.69) is 31.2 Å². The molecule has 0 radical (unpaired) electrons. The molecule has 1 aliphatic rings. The molecule has 3 heterocycles. The average molecular weight is 362 g/mol. The second kappa shape index (κ2) is 5.76. The van der Waals surface area contributed by atoms with Crippen LogP contribution in [0.2, 0.25) is 0 Å². The summed E-state index contributed by atoms with van der Waals surface area (Å²) in [6.07, 6.45) is 4.87. The van der Waals surface area contributed by atoms with Crippen molar-refractivity contribution in [3.8, 4) is 0 Å². The fourth-order valence-electron chi connectivity index (χ4n) is 2.22. The van der Waals surface area contributed by atoms with Crippen molar-refractivity contribution >= 4 is 45.3 Å². The zero-order chi connectivity index (χ0) is 15.7. The summed E-state index contributed by atoms with van der Waals surface area (Å²) < 4.78 is 5.77. The quantitative estimate of drug-likeness (QED) is 0.650. The van der Waals surface area contributed by atoms with Crippen molar-refractivity contribution in [1.29, 1.82) is 0 Å². The number of H-pyrrole nitrogens is 1. The van der Waals surface area contributed by atoms with Crippen molar-refractivity contribution in [3.05, 3.63) is 45.8 Å². The van der Waals surface area contributed by atoms with Gasteiger partial charge in [-0.1, -0.05) is 0 Å². The summed E-state index contributed by atoms with van der Waals surface area (Å²) in [6.45, 7) is 2.03. The monoisotopic (exact) mass is 361 g/mol. The van der Waals surface area contributed by atoms with Gasteiger partial charge in [-0.3, -0.25) is 4.79 Å². The summed E-state index contributed by atoms with van der Waals surface area (Å²) in [7, 11) is 0. The topological polar surface area (TPSA) is 84.1 Å². The Bertz CT molecular complexity index is 795. The smallest absolute Gasteiger partial charge is 0.340 e. The minimum Gasteiger partial charge on any atom is -0.462 e. The van der Waals surface area contributed by atoms with Crippen molar-refractivity contribution in [2.75, 3.05) is 11.9 Å². The molecule has 7 heteroatoms. The molecule has 0 aliphatic carbocycles. The van der Waals surface area contributed by atoms with E-state index < -0.39 is 5.97 Å². The highest BCUT2D eigenvalue weighted by atomic mass is 79.9. The van der Waals surface area contributed by atoms with Gasteiger partial charge in [0.15, 0.2) is 0 Å². The van der Waals surface area contributed by atoms with E-state index in [1.165, 1.54) is 0 Å². The molecular formula is C15H12BrN3O3. The van der Waals surface area contributed by atoms with Gasteiger partial charge in [-0.2, -0.15) is 0 Å². The van der Waals surface area contributed by atoms with Gasteiger partial charge < -0.3 is 15.0 Å². The number of esters is 1. The maximum absolute atomic E-state index is 12.1. The molecule has 0 saturated heterocycles. The fourth-order valence-corrected chi connectivity index (χ4v) is 2.55. The Morgan fingerprint density at radius 1 is 1.50 bits per heavy atom. The Hall–Kier alpha value is -2.41. The minimum atomic E-state index is -0.429. The third-order valence-electron chi connectivity index (χ3n) is 3.18. The van der Waals surface area contributed by atoms with E-state index in [1.54, 1.807) is 37.5 Å². The third-order valence-corrected chi connectivity index (χ3v) is 3.62. The van der Waals surface area contributed by atoms with E-state index in [4.69, 9.17) is 4.74 Å². The summed E-state index contributed by atoms with van der Waals surface area (Å²) in [5, 5.41) is 2.69. The lowest BCUT2D eigenvalue weighted by atomic mass is 10.1. The SMILES string of the molecule is CCOC(=O)c1cc[nH]c1/C=C1\C(=O)Nc2ncc(Br)cc21. The normalized spacial score (nSPS) is 14.8. The molecule has 3 rings (SSSR count). The Kier molecular flexibility index (Phi) is 3.81. The number of rotatable bonds is 3. The molecule has 0 saturated carbocycles. The van der Waals surface area contributed by atoms with Crippen molar-refractivity contribution in [2.45, 2.75) is 6.92 Å². The van der Waals surface area contributed by atoms with Gasteiger partial charge in [0.1, 0.15) is 5.82 Å². The molecule has 6 nitrogen and oxygen atoms in total. The number of anilines is 1. The number of carbonyl (C=O) groups excluding carboxylic acids is 2. The second-order valence-corrected chi connectivity index (χ2v) is 5.50. The Labute approximate surface area is 134 Å². The number of fused-ring (bicyclic) bond motifs is 1. The molecule has 2 aromatic rings. The number of halogens is 1. The molecule has 0 fully saturated rings. The zero-order valence-electron chi connectivity index (χ0n) is 11.6. The molecular weight excluding hydrogens is 350 g/mol. The maximum Gasteiger partial charge on any atom is 0.340 e. The van der Waals surface area contributed by atoms with Crippen LogP contribution in [0.25, 0.3) is 11.6 Å². The van der Waals surface area contributed by atoms with E-state index in [-0.39, 0.29) is 5.91 Å². The molecule has 1 amide bonds. The number of pyridine rings is 1. The predicted octanol–water partition coefficient (Wildman–Crippen LogP) is 2.84. The lowest BCUT2D eigenvalue weighted by Crippen LogP contribution is -2.06. The first kappa shape index (κ1) is 14.5. The molecule has 0 aromatic carbocycles. The van der Waals surface area contributed by atoms with E-state index in [0.717, 1.165) is 4.47 Å². The van der Waals surface area contributed by atoms with Crippen LogP contribution in [0.5, 0.6) is 0 Å². The van der Waals surface area contributed by atoms with Crippen LogP contribution < -0.4 is 5.32 Å². The van der Waals surface area contributed by atoms with Crippen LogP contribution in [-0.2, 0) is 9.53 Å². The highest BCUT2D eigenvalue weighted by molar-refractivity contribution is 9.10. The molecule has 0 atom stereocenters. The van der Waals surface area contributed by atoms with Crippen LogP contribution in [0.3, 0.4) is 0 Å². The van der Waals surface area contributed by atoms with Crippen LogP contribution in [0, 0.1) is 0 Å². The number of carbonyl (C=O) groups is 2. The van der Waals surface area contributed by atoms with Crippen LogP contribution in [0.4, 0.5) is 5.82 Å². The van der Waals surface area contributed by atoms with Crippen LogP contribution >= 0.6 is 15.9 Å². The molecule has 0 bridgehead atoms. The first-order chi connectivity index (χ1) is 10.6. The number of ether oxygens (including phenoxy) is 1. The zero-order valence-corrected chi connectivity index (χ0v) is 13.2. The van der Waals surface area contributed by atoms with Crippen molar-refractivity contribution < 1.29 is 14.3 Å². The van der Waals surface area contributed by atoms with Gasteiger partial charge in [-0.25, -0.2) is 9.78 Å². The molecule has 22 heavy (non-hydrogen) atoms. The third kappa shape index (κ3) is 2.55. The summed E-state index contributed by atoms with van der Waals surface area (Å²) in [6, 6.07) is 3.43. The van der Waals surface area contributed by atoms with Crippen molar-refractivity contribution in [2.24, 2.45) is 0 Å². The van der Waals surface area contributed by atoms with E-state index in [0.29, 0.717) is 34.8 Å². The molecule has 112 valence electrons. The molecule has 2 aromatic heterocycles. The Morgan fingerprint density at radius 3 is 3.09 bits per heavy atom. The standard InChI is InChI=1S/C15H12BrN3O3/c1-2-22-15(21)9-3-4-17-12(9)6-11-10-5-8(16)7-18-13(10)19-14(11)20/h3-7,17H,2H2,1H3,(H,18,19,20)/b11-6-. The predicted molar refractivity (Wildman–Crippen MR) is 85.2 cm³/mol. The van der Waals surface area contributed by atoms with Gasteiger partial charge in [0.25, 0.3) is 5.91 Å². The number of nitrogens with zero attached hydrogens (tertiary/aromatic N) is 1.